The van der Waals surface area contributed by atoms with E-state index in [1.807, 2.05) is 41.7 Å². The van der Waals surface area contributed by atoms with Crippen molar-refractivity contribution in [3.05, 3.63) is 152 Å². The molecule has 0 bridgehead atoms. The molecule has 6 heteroatoms. The summed E-state index contributed by atoms with van der Waals surface area (Å²) < 4.78 is 11.5. The molecule has 238 valence electrons. The SMILES string of the molecule is c1ccc(-c2nc(-c3cccc4c3sc3ccccc34)nc(-c3cccc4oc5ccc(-c6cccc7c6sc6ccccc67)cc5c34)n2)cc1. The summed E-state index contributed by atoms with van der Waals surface area (Å²) in [5.41, 5.74) is 6.84. The maximum absolute atomic E-state index is 6.50. The van der Waals surface area contributed by atoms with Crippen molar-refractivity contribution in [2.45, 2.75) is 0 Å². The monoisotopic (exact) mass is 687 g/mol. The Hall–Kier alpha value is -6.21. The van der Waals surface area contributed by atoms with E-state index in [0.29, 0.717) is 17.5 Å². The molecule has 11 aromatic rings. The van der Waals surface area contributed by atoms with Crippen molar-refractivity contribution in [1.29, 1.82) is 0 Å². The Morgan fingerprint density at radius 1 is 0.373 bits per heavy atom. The number of hydrogen-bond acceptors (Lipinski definition) is 6. The van der Waals surface area contributed by atoms with Crippen molar-refractivity contribution >= 4 is 85.0 Å². The van der Waals surface area contributed by atoms with Crippen LogP contribution in [0.15, 0.2) is 156 Å². The highest BCUT2D eigenvalue weighted by molar-refractivity contribution is 7.26. The van der Waals surface area contributed by atoms with Gasteiger partial charge in [-0.1, -0.05) is 115 Å². The normalized spacial score (nSPS) is 11.9. The minimum Gasteiger partial charge on any atom is -0.456 e. The van der Waals surface area contributed by atoms with Gasteiger partial charge in [-0.05, 0) is 47.5 Å². The van der Waals surface area contributed by atoms with Gasteiger partial charge in [0.1, 0.15) is 11.2 Å². The Bertz CT molecular complexity index is 3160. The first-order chi connectivity index (χ1) is 25.3. The first-order valence-corrected chi connectivity index (χ1v) is 18.5. The van der Waals surface area contributed by atoms with Crippen LogP contribution in [0.25, 0.3) is 108 Å². The summed E-state index contributed by atoms with van der Waals surface area (Å²) in [6, 6.07) is 53.1. The first-order valence-electron chi connectivity index (χ1n) is 16.9. The summed E-state index contributed by atoms with van der Waals surface area (Å²) in [5.74, 6) is 1.90. The maximum atomic E-state index is 6.50. The third-order valence-electron chi connectivity index (χ3n) is 9.76. The fourth-order valence-electron chi connectivity index (χ4n) is 7.41. The molecule has 0 atom stereocenters. The quantitative estimate of drug-likeness (QED) is 0.185. The van der Waals surface area contributed by atoms with E-state index in [0.717, 1.165) is 44.2 Å². The van der Waals surface area contributed by atoms with E-state index in [1.54, 1.807) is 11.3 Å². The highest BCUT2D eigenvalue weighted by atomic mass is 32.1. The molecule has 0 unspecified atom stereocenters. The van der Waals surface area contributed by atoms with E-state index in [9.17, 15) is 0 Å². The highest BCUT2D eigenvalue weighted by Crippen LogP contribution is 2.44. The van der Waals surface area contributed by atoms with Crippen molar-refractivity contribution in [2.75, 3.05) is 0 Å². The van der Waals surface area contributed by atoms with Gasteiger partial charge in [-0.15, -0.1) is 22.7 Å². The molecule has 0 fully saturated rings. The Balaban J connectivity index is 1.15. The molecule has 0 amide bonds. The standard InChI is InChI=1S/C45H25N3OS2/c1-2-11-26(12-3-1)43-46-44(48-45(47-43)34-19-9-17-32-30-14-5-7-22-39(30)51-42(32)34)33-18-10-20-37-40(33)35-25-27(23-24-36(35)49-37)28-15-8-16-31-29-13-4-6-21-38(29)50-41(28)31/h1-25H. The summed E-state index contributed by atoms with van der Waals surface area (Å²) >= 11 is 3.62. The largest absolute Gasteiger partial charge is 0.456 e. The number of thiophene rings is 2. The lowest BCUT2D eigenvalue weighted by Gasteiger charge is -2.10. The number of aromatic nitrogens is 3. The van der Waals surface area contributed by atoms with E-state index in [2.05, 4.69) is 121 Å². The Morgan fingerprint density at radius 2 is 0.941 bits per heavy atom. The van der Waals surface area contributed by atoms with Crippen LogP contribution in [0.1, 0.15) is 0 Å². The van der Waals surface area contributed by atoms with Crippen molar-refractivity contribution in [1.82, 2.24) is 15.0 Å². The number of fused-ring (bicyclic) bond motifs is 9. The molecule has 0 aliphatic rings. The fraction of sp³-hybridized carbons (Fsp3) is 0. The van der Waals surface area contributed by atoms with Gasteiger partial charge in [-0.3, -0.25) is 0 Å². The molecule has 0 radical (unpaired) electrons. The van der Waals surface area contributed by atoms with Crippen LogP contribution in [0.2, 0.25) is 0 Å². The summed E-state index contributed by atoms with van der Waals surface area (Å²) in [4.78, 5) is 15.5. The second-order valence-corrected chi connectivity index (χ2v) is 14.8. The molecule has 0 aliphatic carbocycles. The summed E-state index contributed by atoms with van der Waals surface area (Å²) in [6.45, 7) is 0. The second-order valence-electron chi connectivity index (χ2n) is 12.7. The van der Waals surface area contributed by atoms with Gasteiger partial charge in [0.25, 0.3) is 0 Å². The van der Waals surface area contributed by atoms with E-state index in [-0.39, 0.29) is 0 Å². The average Bonchev–Trinajstić information content (AvgIpc) is 3.89. The zero-order chi connectivity index (χ0) is 33.5. The van der Waals surface area contributed by atoms with Gasteiger partial charge in [-0.2, -0.15) is 0 Å². The van der Waals surface area contributed by atoms with Crippen LogP contribution in [0.5, 0.6) is 0 Å². The van der Waals surface area contributed by atoms with Crippen LogP contribution in [-0.4, -0.2) is 15.0 Å². The summed E-state index contributed by atoms with van der Waals surface area (Å²) in [5, 5.41) is 7.06. The molecule has 7 aromatic carbocycles. The van der Waals surface area contributed by atoms with Crippen LogP contribution in [0.4, 0.5) is 0 Å². The van der Waals surface area contributed by atoms with Gasteiger partial charge in [0.05, 0.1) is 0 Å². The molecule has 0 aliphatic heterocycles. The molecule has 0 saturated carbocycles. The van der Waals surface area contributed by atoms with Crippen molar-refractivity contribution in [3.8, 4) is 45.3 Å². The lowest BCUT2D eigenvalue weighted by molar-refractivity contribution is 0.669. The van der Waals surface area contributed by atoms with Gasteiger partial charge in [0, 0.05) is 67.8 Å². The Labute approximate surface area is 299 Å². The van der Waals surface area contributed by atoms with Crippen LogP contribution in [-0.2, 0) is 0 Å². The maximum Gasteiger partial charge on any atom is 0.165 e. The van der Waals surface area contributed by atoms with Crippen LogP contribution >= 0.6 is 22.7 Å². The summed E-state index contributed by atoms with van der Waals surface area (Å²) in [6.07, 6.45) is 0. The third-order valence-corrected chi connectivity index (χ3v) is 12.2. The Kier molecular flexibility index (Phi) is 6.26. The average molecular weight is 688 g/mol. The van der Waals surface area contributed by atoms with E-state index < -0.39 is 0 Å². The predicted molar refractivity (Wildman–Crippen MR) is 215 cm³/mol. The molecule has 0 saturated heterocycles. The van der Waals surface area contributed by atoms with Gasteiger partial charge < -0.3 is 4.42 Å². The predicted octanol–water partition coefficient (Wildman–Crippen LogP) is 13.2. The summed E-state index contributed by atoms with van der Waals surface area (Å²) in [7, 11) is 0. The van der Waals surface area contributed by atoms with Gasteiger partial charge in [0.15, 0.2) is 17.5 Å². The van der Waals surface area contributed by atoms with Crippen LogP contribution < -0.4 is 0 Å². The lowest BCUT2D eigenvalue weighted by Crippen LogP contribution is -2.00. The van der Waals surface area contributed by atoms with Crippen molar-refractivity contribution < 1.29 is 4.42 Å². The van der Waals surface area contributed by atoms with Crippen molar-refractivity contribution in [3.63, 3.8) is 0 Å². The number of rotatable bonds is 4. The molecule has 4 heterocycles. The number of benzene rings is 7. The molecule has 0 N–H and O–H groups in total. The zero-order valence-corrected chi connectivity index (χ0v) is 28.6. The number of furan rings is 1. The van der Waals surface area contributed by atoms with Crippen molar-refractivity contribution in [2.24, 2.45) is 0 Å². The number of nitrogens with zero attached hydrogens (tertiary/aromatic N) is 3. The van der Waals surface area contributed by atoms with E-state index >= 15 is 0 Å². The zero-order valence-electron chi connectivity index (χ0n) is 27.0. The lowest BCUT2D eigenvalue weighted by atomic mass is 9.99. The topological polar surface area (TPSA) is 51.8 Å². The second kappa shape index (κ2) is 11.2. The van der Waals surface area contributed by atoms with Gasteiger partial charge in [0.2, 0.25) is 0 Å². The van der Waals surface area contributed by atoms with E-state index in [4.69, 9.17) is 19.4 Å². The third kappa shape index (κ3) is 4.47. The first kappa shape index (κ1) is 28.6. The molecule has 0 spiro atoms. The van der Waals surface area contributed by atoms with Gasteiger partial charge in [-0.25, -0.2) is 15.0 Å². The number of hydrogen-bond donors (Lipinski definition) is 0. The smallest absolute Gasteiger partial charge is 0.165 e. The molecule has 51 heavy (non-hydrogen) atoms. The molecular weight excluding hydrogens is 663 g/mol. The highest BCUT2D eigenvalue weighted by Gasteiger charge is 2.20. The van der Waals surface area contributed by atoms with E-state index in [1.165, 1.54) is 45.9 Å². The minimum atomic E-state index is 0.613. The van der Waals surface area contributed by atoms with Gasteiger partial charge >= 0.3 is 0 Å². The molecular formula is C45H25N3OS2. The van der Waals surface area contributed by atoms with Crippen LogP contribution in [0, 0.1) is 0 Å². The molecule has 4 nitrogen and oxygen atoms in total. The minimum absolute atomic E-state index is 0.613. The molecule has 11 rings (SSSR count). The van der Waals surface area contributed by atoms with Crippen LogP contribution in [0.3, 0.4) is 0 Å². The Morgan fingerprint density at radius 3 is 1.69 bits per heavy atom. The fourth-order valence-corrected chi connectivity index (χ4v) is 9.86. The molecule has 4 aromatic heterocycles.